The molecule has 0 aromatic rings. The lowest BCUT2D eigenvalue weighted by molar-refractivity contribution is -0.163. The van der Waals surface area contributed by atoms with E-state index in [1.54, 1.807) is 6.92 Å². The summed E-state index contributed by atoms with van der Waals surface area (Å²) in [5, 5.41) is 27.7. The molecule has 6 N–H and O–H groups in total. The summed E-state index contributed by atoms with van der Waals surface area (Å²) in [6, 6.07) is -0.435. The van der Waals surface area contributed by atoms with Crippen LogP contribution in [0.3, 0.4) is 0 Å². The number of thioether (sulfide) groups is 1. The fraction of sp³-hybridized carbons (Fsp3) is 0.733. The number of hydrogen-bond acceptors (Lipinski definition) is 7. The SMILES string of the molecule is C[C@@H](O)[C@H]1C(=O)N2C(C(=O)O)=C(SC3CN[C@H](CNS(N)(=O)=O)C3)[C@H](C)[C@H]12. The molecule has 1 amide bonds. The first kappa shape index (κ1) is 20.6. The van der Waals surface area contributed by atoms with Gasteiger partial charge >= 0.3 is 5.97 Å². The Balaban J connectivity index is 1.71. The van der Waals surface area contributed by atoms with Crippen molar-refractivity contribution in [2.75, 3.05) is 13.1 Å². The second kappa shape index (κ2) is 7.33. The average molecular weight is 421 g/mol. The lowest BCUT2D eigenvalue weighted by atomic mass is 9.79. The van der Waals surface area contributed by atoms with Gasteiger partial charge in [-0.15, -0.1) is 11.8 Å². The van der Waals surface area contributed by atoms with Gasteiger partial charge in [0.25, 0.3) is 10.2 Å². The monoisotopic (exact) mass is 420 g/mol. The predicted molar refractivity (Wildman–Crippen MR) is 98.5 cm³/mol. The first-order valence-corrected chi connectivity index (χ1v) is 11.1. The Bertz CT molecular complexity index is 783. The molecule has 0 spiro atoms. The van der Waals surface area contributed by atoms with Gasteiger partial charge in [0.1, 0.15) is 5.70 Å². The van der Waals surface area contributed by atoms with Crippen molar-refractivity contribution in [2.24, 2.45) is 17.0 Å². The zero-order valence-electron chi connectivity index (χ0n) is 15.0. The van der Waals surface area contributed by atoms with E-state index in [9.17, 15) is 28.2 Å². The van der Waals surface area contributed by atoms with Gasteiger partial charge in [0.05, 0.1) is 18.1 Å². The Morgan fingerprint density at radius 1 is 1.52 bits per heavy atom. The molecule has 0 aromatic carbocycles. The highest BCUT2D eigenvalue weighted by atomic mass is 32.2. The Hall–Kier alpha value is -1.18. The number of aliphatic carboxylic acids is 1. The molecule has 0 bridgehead atoms. The molecule has 2 fully saturated rings. The summed E-state index contributed by atoms with van der Waals surface area (Å²) in [6.07, 6.45) is -0.197. The summed E-state index contributed by atoms with van der Waals surface area (Å²) in [4.78, 5) is 26.1. The van der Waals surface area contributed by atoms with Gasteiger partial charge in [0, 0.05) is 35.2 Å². The van der Waals surface area contributed by atoms with Crippen LogP contribution in [0, 0.1) is 11.8 Å². The third-order valence-corrected chi connectivity index (χ3v) is 7.40. The third kappa shape index (κ3) is 3.87. The smallest absolute Gasteiger partial charge is 0.353 e. The predicted octanol–water partition coefficient (Wildman–Crippen LogP) is -1.60. The molecule has 6 atom stereocenters. The number of nitrogens with two attached hydrogens (primary N) is 1. The lowest BCUT2D eigenvalue weighted by Gasteiger charge is -2.46. The molecule has 3 aliphatic rings. The largest absolute Gasteiger partial charge is 0.477 e. The Labute approximate surface area is 161 Å². The van der Waals surface area contributed by atoms with Gasteiger partial charge in [-0.25, -0.2) is 14.7 Å². The maximum absolute atomic E-state index is 12.3. The molecule has 152 valence electrons. The number of aliphatic hydroxyl groups is 1. The first-order chi connectivity index (χ1) is 12.5. The lowest BCUT2D eigenvalue weighted by Crippen LogP contribution is -2.63. The summed E-state index contributed by atoms with van der Waals surface area (Å²) in [6.45, 7) is 4.17. The summed E-state index contributed by atoms with van der Waals surface area (Å²) < 4.78 is 24.3. The maximum Gasteiger partial charge on any atom is 0.353 e. The number of carboxylic acid groups (broad SMARTS) is 1. The van der Waals surface area contributed by atoms with Crippen LogP contribution in [0.15, 0.2) is 10.6 Å². The van der Waals surface area contributed by atoms with E-state index in [-0.39, 0.29) is 41.4 Å². The van der Waals surface area contributed by atoms with Crippen molar-refractivity contribution in [3.8, 4) is 0 Å². The number of rotatable bonds is 7. The Morgan fingerprint density at radius 2 is 2.19 bits per heavy atom. The first-order valence-electron chi connectivity index (χ1n) is 8.67. The zero-order valence-corrected chi connectivity index (χ0v) is 16.6. The molecule has 1 unspecified atom stereocenters. The van der Waals surface area contributed by atoms with Crippen molar-refractivity contribution < 1.29 is 28.2 Å². The molecule has 0 radical (unpaired) electrons. The van der Waals surface area contributed by atoms with Crippen LogP contribution in [0.5, 0.6) is 0 Å². The van der Waals surface area contributed by atoms with Crippen molar-refractivity contribution in [3.63, 3.8) is 0 Å². The minimum absolute atomic E-state index is 0.00510. The van der Waals surface area contributed by atoms with Gasteiger partial charge in [0.2, 0.25) is 5.91 Å². The molecule has 0 saturated carbocycles. The second-order valence-electron chi connectivity index (χ2n) is 7.25. The minimum atomic E-state index is -3.76. The molecule has 0 aliphatic carbocycles. The van der Waals surface area contributed by atoms with E-state index in [1.807, 2.05) is 6.92 Å². The van der Waals surface area contributed by atoms with E-state index in [2.05, 4.69) is 10.0 Å². The van der Waals surface area contributed by atoms with Crippen LogP contribution < -0.4 is 15.2 Å². The van der Waals surface area contributed by atoms with Crippen LogP contribution in [0.4, 0.5) is 0 Å². The molecule has 0 aromatic heterocycles. The van der Waals surface area contributed by atoms with E-state index < -0.39 is 28.2 Å². The van der Waals surface area contributed by atoms with E-state index in [1.165, 1.54) is 16.7 Å². The zero-order chi connectivity index (χ0) is 20.1. The minimum Gasteiger partial charge on any atom is -0.477 e. The number of amides is 1. The number of carbonyl (C=O) groups excluding carboxylic acids is 1. The van der Waals surface area contributed by atoms with E-state index >= 15 is 0 Å². The average Bonchev–Trinajstić information content (AvgIpc) is 3.07. The number of β-lactam (4-membered cyclic amide) rings is 1. The maximum atomic E-state index is 12.3. The van der Waals surface area contributed by atoms with Crippen molar-refractivity contribution >= 4 is 33.8 Å². The number of hydrogen-bond donors (Lipinski definition) is 5. The van der Waals surface area contributed by atoms with Crippen LogP contribution in [0.2, 0.25) is 0 Å². The van der Waals surface area contributed by atoms with Gasteiger partial charge in [-0.2, -0.15) is 8.42 Å². The summed E-state index contributed by atoms with van der Waals surface area (Å²) in [7, 11) is -3.76. The fourth-order valence-electron chi connectivity index (χ4n) is 4.10. The molecule has 3 rings (SSSR count). The van der Waals surface area contributed by atoms with Gasteiger partial charge in [0.15, 0.2) is 0 Å². The summed E-state index contributed by atoms with van der Waals surface area (Å²) in [5.74, 6) is -2.27. The Morgan fingerprint density at radius 3 is 2.74 bits per heavy atom. The standard InChI is InChI=1S/C15H24N4O6S2/c1-6-11-10(7(2)20)14(21)19(11)12(15(22)23)13(6)26-9-3-8(17-5-9)4-18-27(16,24)25/h6-11,17-18,20H,3-5H2,1-2H3,(H,22,23)(H2,16,24,25)/t6-,7-,8+,9?,10-,11-/m1/s1. The topological polar surface area (TPSA) is 162 Å². The highest BCUT2D eigenvalue weighted by Gasteiger charge is 2.60. The highest BCUT2D eigenvalue weighted by molar-refractivity contribution is 8.03. The number of aliphatic hydroxyl groups excluding tert-OH is 1. The third-order valence-electron chi connectivity index (χ3n) is 5.32. The number of nitrogens with one attached hydrogen (secondary N) is 2. The highest BCUT2D eigenvalue weighted by Crippen LogP contribution is 2.51. The number of carboxylic acids is 1. The summed E-state index contributed by atoms with van der Waals surface area (Å²) >= 11 is 1.41. The fourth-order valence-corrected chi connectivity index (χ4v) is 6.05. The van der Waals surface area contributed by atoms with Gasteiger partial charge in [-0.3, -0.25) is 4.79 Å². The molecule has 2 saturated heterocycles. The van der Waals surface area contributed by atoms with E-state index in [0.717, 1.165) is 0 Å². The number of fused-ring (bicyclic) bond motifs is 1. The quantitative estimate of drug-likeness (QED) is 0.308. The Kier molecular flexibility index (Phi) is 5.58. The van der Waals surface area contributed by atoms with E-state index in [4.69, 9.17) is 5.14 Å². The van der Waals surface area contributed by atoms with Crippen LogP contribution in [-0.4, -0.2) is 71.9 Å². The van der Waals surface area contributed by atoms with Crippen LogP contribution in [-0.2, 0) is 19.8 Å². The van der Waals surface area contributed by atoms with Crippen molar-refractivity contribution in [2.45, 2.75) is 43.7 Å². The molecule has 27 heavy (non-hydrogen) atoms. The van der Waals surface area contributed by atoms with Crippen LogP contribution >= 0.6 is 11.8 Å². The van der Waals surface area contributed by atoms with E-state index in [0.29, 0.717) is 17.9 Å². The van der Waals surface area contributed by atoms with Gasteiger partial charge in [-0.05, 0) is 13.3 Å². The molecule has 3 heterocycles. The molecule has 10 nitrogen and oxygen atoms in total. The normalized spacial score (nSPS) is 34.6. The number of carbonyl (C=O) groups is 2. The molecular formula is C15H24N4O6S2. The van der Waals surface area contributed by atoms with Gasteiger partial charge in [-0.1, -0.05) is 6.92 Å². The molecule has 12 heteroatoms. The summed E-state index contributed by atoms with van der Waals surface area (Å²) in [5.41, 5.74) is 0.00510. The second-order valence-corrected chi connectivity index (χ2v) is 9.97. The van der Waals surface area contributed by atoms with Crippen LogP contribution in [0.1, 0.15) is 20.3 Å². The van der Waals surface area contributed by atoms with Crippen molar-refractivity contribution in [1.82, 2.24) is 14.9 Å². The number of nitrogens with zero attached hydrogens (tertiary/aromatic N) is 1. The van der Waals surface area contributed by atoms with Gasteiger partial charge < -0.3 is 20.4 Å². The van der Waals surface area contributed by atoms with Crippen LogP contribution in [0.25, 0.3) is 0 Å². The molecular weight excluding hydrogens is 396 g/mol. The van der Waals surface area contributed by atoms with Crippen molar-refractivity contribution in [1.29, 1.82) is 0 Å². The van der Waals surface area contributed by atoms with Crippen molar-refractivity contribution in [3.05, 3.63) is 10.6 Å². The molecule has 3 aliphatic heterocycles.